The summed E-state index contributed by atoms with van der Waals surface area (Å²) in [5, 5.41) is 13.7. The zero-order chi connectivity index (χ0) is 18.5. The highest BCUT2D eigenvalue weighted by atomic mass is 16.5. The Morgan fingerprint density at radius 1 is 1.12 bits per heavy atom. The van der Waals surface area contributed by atoms with Gasteiger partial charge in [-0.3, -0.25) is 0 Å². The number of hydrogen-bond donors (Lipinski definition) is 0. The minimum atomic E-state index is 0.149. The number of ether oxygens (including phenoxy) is 1. The van der Waals surface area contributed by atoms with E-state index in [1.165, 1.54) is 5.56 Å². The average molecular weight is 347 g/mol. The van der Waals surface area contributed by atoms with Gasteiger partial charge in [-0.05, 0) is 50.0 Å². The Hall–Kier alpha value is -3.17. The van der Waals surface area contributed by atoms with Gasteiger partial charge >= 0.3 is 0 Å². The van der Waals surface area contributed by atoms with E-state index in [0.29, 0.717) is 11.6 Å². The van der Waals surface area contributed by atoms with Crippen LogP contribution in [0.1, 0.15) is 5.56 Å². The van der Waals surface area contributed by atoms with Crippen LogP contribution in [0.25, 0.3) is 22.8 Å². The van der Waals surface area contributed by atoms with Crippen LogP contribution >= 0.6 is 0 Å². The smallest absolute Gasteiger partial charge is 0.181 e. The second kappa shape index (κ2) is 7.81. The molecule has 1 heterocycles. The first-order valence-corrected chi connectivity index (χ1v) is 8.31. The van der Waals surface area contributed by atoms with Gasteiger partial charge in [-0.25, -0.2) is 9.67 Å². The van der Waals surface area contributed by atoms with Crippen molar-refractivity contribution in [1.82, 2.24) is 19.7 Å². The fourth-order valence-electron chi connectivity index (χ4n) is 2.77. The molecule has 0 spiro atoms. The van der Waals surface area contributed by atoms with E-state index < -0.39 is 0 Å². The number of rotatable bonds is 6. The molecule has 6 heteroatoms. The van der Waals surface area contributed by atoms with Gasteiger partial charge in [0.15, 0.2) is 11.6 Å². The van der Waals surface area contributed by atoms with E-state index in [1.54, 1.807) is 11.8 Å². The predicted molar refractivity (Wildman–Crippen MR) is 100 cm³/mol. The van der Waals surface area contributed by atoms with Crippen LogP contribution in [0, 0.1) is 11.3 Å². The lowest BCUT2D eigenvalue weighted by Gasteiger charge is -2.10. The van der Waals surface area contributed by atoms with Crippen LogP contribution in [-0.4, -0.2) is 40.9 Å². The minimum absolute atomic E-state index is 0.149. The van der Waals surface area contributed by atoms with Crippen LogP contribution in [0.15, 0.2) is 48.5 Å². The van der Waals surface area contributed by atoms with Crippen LogP contribution in [-0.2, 0) is 13.1 Å². The predicted octanol–water partition coefficient (Wildman–Crippen LogP) is 3.21. The normalized spacial score (nSPS) is 10.7. The highest BCUT2D eigenvalue weighted by molar-refractivity contribution is 5.63. The van der Waals surface area contributed by atoms with Crippen LogP contribution in [0.5, 0.6) is 5.75 Å². The van der Waals surface area contributed by atoms with Crippen molar-refractivity contribution < 1.29 is 4.74 Å². The number of nitriles is 1. The number of methoxy groups -OCH3 is 1. The van der Waals surface area contributed by atoms with Gasteiger partial charge in [0.05, 0.1) is 13.2 Å². The van der Waals surface area contributed by atoms with E-state index in [9.17, 15) is 0 Å². The average Bonchev–Trinajstić information content (AvgIpc) is 3.06. The molecule has 0 saturated heterocycles. The fourth-order valence-corrected chi connectivity index (χ4v) is 2.77. The summed E-state index contributed by atoms with van der Waals surface area (Å²) in [6.45, 7) is 0.988. The third kappa shape index (κ3) is 3.90. The zero-order valence-electron chi connectivity index (χ0n) is 15.2. The summed E-state index contributed by atoms with van der Waals surface area (Å²) in [6, 6.07) is 17.9. The van der Waals surface area contributed by atoms with E-state index in [1.807, 2.05) is 50.5 Å². The molecule has 2 aromatic carbocycles. The topological polar surface area (TPSA) is 67.0 Å². The standard InChI is InChI=1S/C20H21N5O/c1-24(2)14-15-5-4-6-17(13-15)20-22-19(23-25(20)12-11-21)16-7-9-18(26-3)10-8-16/h4-10,13H,12,14H2,1-3H3. The number of hydrogen-bond acceptors (Lipinski definition) is 5. The Kier molecular flexibility index (Phi) is 5.30. The van der Waals surface area contributed by atoms with E-state index in [2.05, 4.69) is 28.2 Å². The molecule has 0 bridgehead atoms. The van der Waals surface area contributed by atoms with Crippen LogP contribution in [0.2, 0.25) is 0 Å². The molecule has 1 aromatic heterocycles. The van der Waals surface area contributed by atoms with E-state index in [4.69, 9.17) is 15.0 Å². The van der Waals surface area contributed by atoms with Crippen LogP contribution in [0.4, 0.5) is 0 Å². The summed E-state index contributed by atoms with van der Waals surface area (Å²) >= 11 is 0. The van der Waals surface area contributed by atoms with Gasteiger partial charge in [0.25, 0.3) is 0 Å². The van der Waals surface area contributed by atoms with Crippen LogP contribution < -0.4 is 4.74 Å². The Bertz CT molecular complexity index is 922. The molecule has 0 N–H and O–H groups in total. The van der Waals surface area contributed by atoms with E-state index in [-0.39, 0.29) is 6.54 Å². The second-order valence-corrected chi connectivity index (χ2v) is 6.24. The summed E-state index contributed by atoms with van der Waals surface area (Å²) < 4.78 is 6.84. The molecular formula is C20H21N5O. The summed E-state index contributed by atoms with van der Waals surface area (Å²) in [6.07, 6.45) is 0. The van der Waals surface area contributed by atoms with Gasteiger partial charge < -0.3 is 9.64 Å². The zero-order valence-corrected chi connectivity index (χ0v) is 15.2. The van der Waals surface area contributed by atoms with Gasteiger partial charge in [0.2, 0.25) is 0 Å². The third-order valence-electron chi connectivity index (χ3n) is 3.92. The molecule has 6 nitrogen and oxygen atoms in total. The molecule has 0 amide bonds. The van der Waals surface area contributed by atoms with Gasteiger partial charge in [-0.15, -0.1) is 5.10 Å². The largest absolute Gasteiger partial charge is 0.497 e. The van der Waals surface area contributed by atoms with Gasteiger partial charge in [0, 0.05) is 17.7 Å². The second-order valence-electron chi connectivity index (χ2n) is 6.24. The van der Waals surface area contributed by atoms with Crippen molar-refractivity contribution in [2.24, 2.45) is 0 Å². The molecule has 0 aliphatic rings. The van der Waals surface area contributed by atoms with Gasteiger partial charge in [-0.2, -0.15) is 5.26 Å². The van der Waals surface area contributed by atoms with E-state index in [0.717, 1.165) is 23.4 Å². The quantitative estimate of drug-likeness (QED) is 0.685. The molecule has 3 aromatic rings. The van der Waals surface area contributed by atoms with Crippen molar-refractivity contribution in [3.05, 3.63) is 54.1 Å². The molecule has 3 rings (SSSR count). The summed E-state index contributed by atoms with van der Waals surface area (Å²) in [5.41, 5.74) is 3.02. The summed E-state index contributed by atoms with van der Waals surface area (Å²) in [5.74, 6) is 2.07. The van der Waals surface area contributed by atoms with Crippen molar-refractivity contribution >= 4 is 0 Å². The van der Waals surface area contributed by atoms with Crippen molar-refractivity contribution in [3.63, 3.8) is 0 Å². The first kappa shape index (κ1) is 17.6. The first-order valence-electron chi connectivity index (χ1n) is 8.31. The van der Waals surface area contributed by atoms with Crippen molar-refractivity contribution in [3.8, 4) is 34.6 Å². The SMILES string of the molecule is COc1ccc(-c2nc(-c3cccc(CN(C)C)c3)n(CC#N)n2)cc1. The first-order chi connectivity index (χ1) is 12.6. The molecular weight excluding hydrogens is 326 g/mol. The van der Waals surface area contributed by atoms with Crippen LogP contribution in [0.3, 0.4) is 0 Å². The Morgan fingerprint density at radius 2 is 1.88 bits per heavy atom. The molecule has 0 saturated carbocycles. The molecule has 0 aliphatic heterocycles. The molecule has 0 radical (unpaired) electrons. The van der Waals surface area contributed by atoms with E-state index >= 15 is 0 Å². The Balaban J connectivity index is 2.01. The molecule has 132 valence electrons. The number of benzene rings is 2. The summed E-state index contributed by atoms with van der Waals surface area (Å²) in [4.78, 5) is 6.80. The highest BCUT2D eigenvalue weighted by Crippen LogP contribution is 2.25. The number of aromatic nitrogens is 3. The molecule has 0 fully saturated rings. The number of nitrogens with zero attached hydrogens (tertiary/aromatic N) is 5. The van der Waals surface area contributed by atoms with Crippen molar-refractivity contribution in [1.29, 1.82) is 5.26 Å². The lowest BCUT2D eigenvalue weighted by molar-refractivity contribution is 0.402. The van der Waals surface area contributed by atoms with Crippen molar-refractivity contribution in [2.75, 3.05) is 21.2 Å². The van der Waals surface area contributed by atoms with Gasteiger partial charge in [0.1, 0.15) is 12.3 Å². The highest BCUT2D eigenvalue weighted by Gasteiger charge is 2.14. The molecule has 0 unspecified atom stereocenters. The monoisotopic (exact) mass is 347 g/mol. The Morgan fingerprint density at radius 3 is 2.54 bits per heavy atom. The maximum Gasteiger partial charge on any atom is 0.181 e. The minimum Gasteiger partial charge on any atom is -0.497 e. The molecule has 0 atom stereocenters. The third-order valence-corrected chi connectivity index (χ3v) is 3.92. The maximum absolute atomic E-state index is 9.15. The molecule has 0 aliphatic carbocycles. The van der Waals surface area contributed by atoms with Crippen molar-refractivity contribution in [2.45, 2.75) is 13.1 Å². The van der Waals surface area contributed by atoms with Gasteiger partial charge in [-0.1, -0.05) is 18.2 Å². The lowest BCUT2D eigenvalue weighted by Crippen LogP contribution is -2.10. The molecule has 26 heavy (non-hydrogen) atoms. The summed E-state index contributed by atoms with van der Waals surface area (Å²) in [7, 11) is 5.70. The Labute approximate surface area is 153 Å². The lowest BCUT2D eigenvalue weighted by atomic mass is 10.1. The fraction of sp³-hybridized carbons (Fsp3) is 0.250. The maximum atomic E-state index is 9.15.